The number of ether oxygens (including phenoxy) is 2. The van der Waals surface area contributed by atoms with Crippen molar-refractivity contribution >= 4 is 16.0 Å². The Labute approximate surface area is 178 Å². The molecule has 0 aliphatic heterocycles. The molecule has 0 saturated carbocycles. The zero-order valence-corrected chi connectivity index (χ0v) is 18.9. The smallest absolute Gasteiger partial charge is 0.243 e. The van der Waals surface area contributed by atoms with E-state index in [4.69, 9.17) is 15.2 Å². The predicted octanol–water partition coefficient (Wildman–Crippen LogP) is 2.34. The van der Waals surface area contributed by atoms with Crippen LogP contribution in [-0.2, 0) is 23.1 Å². The van der Waals surface area contributed by atoms with E-state index in [0.29, 0.717) is 30.5 Å². The lowest BCUT2D eigenvalue weighted by molar-refractivity contribution is 0.354. The highest BCUT2D eigenvalue weighted by Crippen LogP contribution is 2.27. The quantitative estimate of drug-likeness (QED) is 0.463. The molecular formula is C21H30N4O4S. The van der Waals surface area contributed by atoms with Crippen LogP contribution in [0.5, 0.6) is 11.5 Å². The number of sulfonamides is 1. The molecule has 0 saturated heterocycles. The van der Waals surface area contributed by atoms with Crippen LogP contribution in [0, 0.1) is 0 Å². The van der Waals surface area contributed by atoms with E-state index in [1.807, 2.05) is 32.0 Å². The standard InChI is InChI=1S/C21H30N4O4S/c1-15(2)25(3)30(26,27)18-9-6-16(7-10-18)13-23-21(22)24-14-17-8-11-19(28-4)20(12-17)29-5/h6-12,15H,13-14H2,1-5H3,(H3,22,23,24). The van der Waals surface area contributed by atoms with E-state index in [1.165, 1.54) is 4.31 Å². The number of nitrogens with two attached hydrogens (primary N) is 1. The largest absolute Gasteiger partial charge is 0.493 e. The van der Waals surface area contributed by atoms with Gasteiger partial charge in [0.15, 0.2) is 17.5 Å². The summed E-state index contributed by atoms with van der Waals surface area (Å²) in [6.45, 7) is 4.49. The molecule has 2 rings (SSSR count). The second-order valence-corrected chi connectivity index (χ2v) is 9.00. The van der Waals surface area contributed by atoms with Gasteiger partial charge >= 0.3 is 0 Å². The van der Waals surface area contributed by atoms with Crippen molar-refractivity contribution in [2.75, 3.05) is 21.3 Å². The molecule has 0 unspecified atom stereocenters. The van der Waals surface area contributed by atoms with Crippen molar-refractivity contribution in [3.05, 3.63) is 53.6 Å². The average molecular weight is 435 g/mol. The van der Waals surface area contributed by atoms with Crippen molar-refractivity contribution in [2.24, 2.45) is 10.7 Å². The van der Waals surface area contributed by atoms with Gasteiger partial charge in [0.1, 0.15) is 0 Å². The number of nitrogens with one attached hydrogen (secondary N) is 1. The Hall–Kier alpha value is -2.78. The van der Waals surface area contributed by atoms with Crippen LogP contribution in [0.15, 0.2) is 52.4 Å². The highest BCUT2D eigenvalue weighted by atomic mass is 32.2. The Balaban J connectivity index is 1.97. The molecule has 0 aromatic heterocycles. The summed E-state index contributed by atoms with van der Waals surface area (Å²) in [5, 5.41) is 3.03. The van der Waals surface area contributed by atoms with E-state index >= 15 is 0 Å². The third-order valence-electron chi connectivity index (χ3n) is 4.68. The van der Waals surface area contributed by atoms with Crippen LogP contribution in [-0.4, -0.2) is 46.0 Å². The lowest BCUT2D eigenvalue weighted by atomic mass is 10.2. The van der Waals surface area contributed by atoms with Gasteiger partial charge in [0.05, 0.1) is 25.7 Å². The highest BCUT2D eigenvalue weighted by molar-refractivity contribution is 7.89. The molecule has 30 heavy (non-hydrogen) atoms. The van der Waals surface area contributed by atoms with Gasteiger partial charge in [0, 0.05) is 19.6 Å². The van der Waals surface area contributed by atoms with Crippen LogP contribution < -0.4 is 20.5 Å². The number of methoxy groups -OCH3 is 2. The molecule has 2 aromatic rings. The third kappa shape index (κ3) is 5.87. The van der Waals surface area contributed by atoms with Gasteiger partial charge in [0.2, 0.25) is 10.0 Å². The van der Waals surface area contributed by atoms with Crippen LogP contribution in [0.2, 0.25) is 0 Å². The minimum atomic E-state index is -3.49. The summed E-state index contributed by atoms with van der Waals surface area (Å²) in [5.74, 6) is 1.58. The number of benzene rings is 2. The summed E-state index contributed by atoms with van der Waals surface area (Å²) in [4.78, 5) is 4.59. The molecule has 0 fully saturated rings. The molecule has 8 nitrogen and oxygen atoms in total. The number of nitrogens with zero attached hydrogens (tertiary/aromatic N) is 2. The molecule has 2 aromatic carbocycles. The fourth-order valence-corrected chi connectivity index (χ4v) is 3.99. The van der Waals surface area contributed by atoms with Gasteiger partial charge in [-0.3, -0.25) is 0 Å². The van der Waals surface area contributed by atoms with Crippen LogP contribution in [0.3, 0.4) is 0 Å². The second kappa shape index (κ2) is 10.3. The minimum absolute atomic E-state index is 0.113. The maximum absolute atomic E-state index is 12.5. The molecule has 164 valence electrons. The van der Waals surface area contributed by atoms with E-state index in [0.717, 1.165) is 11.1 Å². The number of aliphatic imine (C=N–C) groups is 1. The van der Waals surface area contributed by atoms with Crippen LogP contribution in [0.4, 0.5) is 0 Å². The van der Waals surface area contributed by atoms with E-state index in [2.05, 4.69) is 10.3 Å². The van der Waals surface area contributed by atoms with Crippen molar-refractivity contribution in [3.63, 3.8) is 0 Å². The van der Waals surface area contributed by atoms with Crippen molar-refractivity contribution in [2.45, 2.75) is 37.9 Å². The van der Waals surface area contributed by atoms with Gasteiger partial charge in [-0.05, 0) is 49.2 Å². The molecule has 0 bridgehead atoms. The zero-order chi connectivity index (χ0) is 22.3. The Morgan fingerprint density at radius 2 is 1.67 bits per heavy atom. The Kier molecular flexibility index (Phi) is 8.08. The monoisotopic (exact) mass is 434 g/mol. The maximum Gasteiger partial charge on any atom is 0.243 e. The molecule has 0 aliphatic rings. The summed E-state index contributed by atoms with van der Waals surface area (Å²) in [7, 11) is 1.25. The first-order valence-corrected chi connectivity index (χ1v) is 10.9. The van der Waals surface area contributed by atoms with Gasteiger partial charge < -0.3 is 20.5 Å². The normalized spacial score (nSPS) is 12.3. The Morgan fingerprint density at radius 3 is 2.23 bits per heavy atom. The first-order valence-electron chi connectivity index (χ1n) is 9.50. The van der Waals surface area contributed by atoms with Gasteiger partial charge in [-0.15, -0.1) is 0 Å². The first-order chi connectivity index (χ1) is 14.2. The summed E-state index contributed by atoms with van der Waals surface area (Å²) < 4.78 is 36.9. The Bertz CT molecular complexity index is 973. The van der Waals surface area contributed by atoms with E-state index in [-0.39, 0.29) is 10.9 Å². The minimum Gasteiger partial charge on any atom is -0.493 e. The van der Waals surface area contributed by atoms with E-state index in [9.17, 15) is 8.42 Å². The fraction of sp³-hybridized carbons (Fsp3) is 0.381. The lowest BCUT2D eigenvalue weighted by Crippen LogP contribution is -2.33. The highest BCUT2D eigenvalue weighted by Gasteiger charge is 2.22. The predicted molar refractivity (Wildman–Crippen MR) is 118 cm³/mol. The van der Waals surface area contributed by atoms with Crippen molar-refractivity contribution < 1.29 is 17.9 Å². The third-order valence-corrected chi connectivity index (χ3v) is 6.73. The fourth-order valence-electron chi connectivity index (χ4n) is 2.63. The van der Waals surface area contributed by atoms with Crippen molar-refractivity contribution in [1.82, 2.24) is 9.62 Å². The van der Waals surface area contributed by atoms with Crippen molar-refractivity contribution in [3.8, 4) is 11.5 Å². The first kappa shape index (κ1) is 23.5. The van der Waals surface area contributed by atoms with Crippen LogP contribution in [0.1, 0.15) is 25.0 Å². The summed E-state index contributed by atoms with van der Waals surface area (Å²) in [5.41, 5.74) is 7.77. The van der Waals surface area contributed by atoms with E-state index < -0.39 is 10.0 Å². The molecule has 0 heterocycles. The summed E-state index contributed by atoms with van der Waals surface area (Å²) in [6, 6.07) is 12.2. The van der Waals surface area contributed by atoms with Gasteiger partial charge in [-0.1, -0.05) is 18.2 Å². The summed E-state index contributed by atoms with van der Waals surface area (Å²) in [6.07, 6.45) is 0. The molecule has 0 aliphatic carbocycles. The number of hydrogen-bond donors (Lipinski definition) is 2. The lowest BCUT2D eigenvalue weighted by Gasteiger charge is -2.21. The molecular weight excluding hydrogens is 404 g/mol. The summed E-state index contributed by atoms with van der Waals surface area (Å²) >= 11 is 0. The molecule has 3 N–H and O–H groups in total. The number of hydrogen-bond acceptors (Lipinski definition) is 5. The zero-order valence-electron chi connectivity index (χ0n) is 18.0. The topological polar surface area (TPSA) is 106 Å². The van der Waals surface area contributed by atoms with E-state index in [1.54, 1.807) is 45.5 Å². The molecule has 0 atom stereocenters. The molecule has 9 heteroatoms. The van der Waals surface area contributed by atoms with Crippen molar-refractivity contribution in [1.29, 1.82) is 0 Å². The maximum atomic E-state index is 12.5. The van der Waals surface area contributed by atoms with Gasteiger partial charge in [0.25, 0.3) is 0 Å². The second-order valence-electron chi connectivity index (χ2n) is 7.00. The number of guanidine groups is 1. The number of rotatable bonds is 9. The molecule has 0 radical (unpaired) electrons. The van der Waals surface area contributed by atoms with Gasteiger partial charge in [-0.25, -0.2) is 13.4 Å². The molecule has 0 spiro atoms. The van der Waals surface area contributed by atoms with Crippen LogP contribution in [0.25, 0.3) is 0 Å². The molecule has 0 amide bonds. The van der Waals surface area contributed by atoms with Crippen LogP contribution >= 0.6 is 0 Å². The van der Waals surface area contributed by atoms with Gasteiger partial charge in [-0.2, -0.15) is 4.31 Å². The average Bonchev–Trinajstić information content (AvgIpc) is 2.75. The Morgan fingerprint density at radius 1 is 1.07 bits per heavy atom. The SMILES string of the molecule is COc1ccc(CN=C(N)NCc2ccc(S(=O)(=O)N(C)C(C)C)cc2)cc1OC.